The van der Waals surface area contributed by atoms with Gasteiger partial charge < -0.3 is 10.6 Å². The summed E-state index contributed by atoms with van der Waals surface area (Å²) in [5, 5.41) is 0. The van der Waals surface area contributed by atoms with Gasteiger partial charge in [0.15, 0.2) is 0 Å². The van der Waals surface area contributed by atoms with E-state index in [9.17, 15) is 4.79 Å². The fourth-order valence-corrected chi connectivity index (χ4v) is 2.37. The molecule has 3 heteroatoms. The van der Waals surface area contributed by atoms with E-state index in [0.717, 1.165) is 16.8 Å². The number of nitrogens with two attached hydrogens (primary N) is 1. The average Bonchev–Trinajstić information content (AvgIpc) is 2.39. The Balaban J connectivity index is 2.63. The van der Waals surface area contributed by atoms with Gasteiger partial charge in [-0.05, 0) is 44.9 Å². The van der Waals surface area contributed by atoms with E-state index in [1.807, 2.05) is 46.9 Å². The lowest BCUT2D eigenvalue weighted by Gasteiger charge is -2.22. The van der Waals surface area contributed by atoms with Crippen LogP contribution in [0.1, 0.15) is 38.8 Å². The lowest BCUT2D eigenvalue weighted by molar-refractivity contribution is -0.121. The molecule has 1 amide bonds. The molecule has 1 aromatic carbocycles. The maximum atomic E-state index is 12.1. The molecule has 2 rings (SSSR count). The third kappa shape index (κ3) is 1.65. The highest BCUT2D eigenvalue weighted by Crippen LogP contribution is 2.41. The van der Waals surface area contributed by atoms with Gasteiger partial charge in [0.25, 0.3) is 0 Å². The number of carbonyl (C=O) groups excluding carboxylic acids is 1. The van der Waals surface area contributed by atoms with Crippen molar-refractivity contribution in [3.63, 3.8) is 0 Å². The van der Waals surface area contributed by atoms with E-state index in [2.05, 4.69) is 6.07 Å². The maximum Gasteiger partial charge on any atom is 0.236 e. The van der Waals surface area contributed by atoms with Crippen molar-refractivity contribution in [2.24, 2.45) is 5.73 Å². The summed E-state index contributed by atoms with van der Waals surface area (Å²) in [5.74, 6) is 0.138. The third-order valence-corrected chi connectivity index (χ3v) is 3.61. The molecule has 3 nitrogen and oxygen atoms in total. The Morgan fingerprint density at radius 3 is 2.41 bits per heavy atom. The minimum Gasteiger partial charge on any atom is -0.322 e. The summed E-state index contributed by atoms with van der Waals surface area (Å²) in [6.45, 7) is 7.88. The Hall–Kier alpha value is -1.35. The predicted molar refractivity (Wildman–Crippen MR) is 70.1 cm³/mol. The van der Waals surface area contributed by atoms with Crippen LogP contribution >= 0.6 is 0 Å². The first-order chi connectivity index (χ1) is 7.65. The van der Waals surface area contributed by atoms with E-state index in [1.54, 1.807) is 4.90 Å². The molecular formula is C14H20N2O. The van der Waals surface area contributed by atoms with Crippen LogP contribution in [-0.4, -0.2) is 13.0 Å². The second-order valence-corrected chi connectivity index (χ2v) is 5.94. The molecule has 1 heterocycles. The highest BCUT2D eigenvalue weighted by molar-refractivity contribution is 6.07. The largest absolute Gasteiger partial charge is 0.322 e. The number of nitrogens with zero attached hydrogens (tertiary/aromatic N) is 1. The minimum atomic E-state index is -0.453. The lowest BCUT2D eigenvalue weighted by atomic mass is 9.83. The molecule has 0 saturated heterocycles. The number of likely N-dealkylation sites (N-methyl/N-ethyl adjacent to an activating group) is 1. The van der Waals surface area contributed by atoms with Crippen LogP contribution in [0.15, 0.2) is 18.2 Å². The topological polar surface area (TPSA) is 46.3 Å². The number of benzene rings is 1. The normalized spacial score (nSPS) is 18.5. The van der Waals surface area contributed by atoms with E-state index >= 15 is 0 Å². The van der Waals surface area contributed by atoms with Crippen molar-refractivity contribution < 1.29 is 4.79 Å². The van der Waals surface area contributed by atoms with Gasteiger partial charge in [0.2, 0.25) is 5.91 Å². The molecule has 1 aromatic rings. The minimum absolute atomic E-state index is 0.138. The van der Waals surface area contributed by atoms with E-state index in [-0.39, 0.29) is 11.4 Å². The summed E-state index contributed by atoms with van der Waals surface area (Å²) in [7, 11) is 1.82. The van der Waals surface area contributed by atoms with Gasteiger partial charge in [0.05, 0.1) is 5.41 Å². The number of rotatable bonds is 1. The van der Waals surface area contributed by atoms with Gasteiger partial charge in [-0.25, -0.2) is 0 Å². The molecule has 0 atom stereocenters. The number of hydrogen-bond acceptors (Lipinski definition) is 2. The molecule has 0 aromatic heterocycles. The quantitative estimate of drug-likeness (QED) is 0.806. The van der Waals surface area contributed by atoms with Crippen LogP contribution < -0.4 is 10.6 Å². The fraction of sp³-hybridized carbons (Fsp3) is 0.500. The Kier molecular flexibility index (Phi) is 2.37. The zero-order valence-corrected chi connectivity index (χ0v) is 11.2. The number of hydrogen-bond donors (Lipinski definition) is 1. The molecule has 0 bridgehead atoms. The second-order valence-electron chi connectivity index (χ2n) is 5.94. The van der Waals surface area contributed by atoms with E-state index in [4.69, 9.17) is 5.73 Å². The molecule has 92 valence electrons. The van der Waals surface area contributed by atoms with Crippen LogP contribution in [0.5, 0.6) is 0 Å². The smallest absolute Gasteiger partial charge is 0.236 e. The molecule has 1 aliphatic rings. The number of amides is 1. The van der Waals surface area contributed by atoms with Crippen molar-refractivity contribution in [3.05, 3.63) is 29.3 Å². The van der Waals surface area contributed by atoms with Gasteiger partial charge in [0, 0.05) is 18.3 Å². The summed E-state index contributed by atoms with van der Waals surface area (Å²) >= 11 is 0. The van der Waals surface area contributed by atoms with Crippen LogP contribution in [-0.2, 0) is 15.7 Å². The summed E-state index contributed by atoms with van der Waals surface area (Å²) in [6.07, 6.45) is 0. The number of carbonyl (C=O) groups is 1. The molecule has 1 aliphatic heterocycles. The number of anilines is 1. The zero-order chi connectivity index (χ0) is 13.0. The van der Waals surface area contributed by atoms with Gasteiger partial charge in [-0.1, -0.05) is 12.1 Å². The van der Waals surface area contributed by atoms with Crippen molar-refractivity contribution in [1.82, 2.24) is 0 Å². The number of fused-ring (bicyclic) bond motifs is 1. The molecule has 0 saturated carbocycles. The maximum absolute atomic E-state index is 12.1. The van der Waals surface area contributed by atoms with E-state index < -0.39 is 5.41 Å². The lowest BCUT2D eigenvalue weighted by Crippen LogP contribution is -2.33. The van der Waals surface area contributed by atoms with Crippen molar-refractivity contribution in [1.29, 1.82) is 0 Å². The van der Waals surface area contributed by atoms with Gasteiger partial charge in [-0.2, -0.15) is 0 Å². The monoisotopic (exact) mass is 232 g/mol. The molecule has 0 unspecified atom stereocenters. The van der Waals surface area contributed by atoms with Gasteiger partial charge in [-0.3, -0.25) is 4.79 Å². The first-order valence-corrected chi connectivity index (χ1v) is 5.88. The molecule has 17 heavy (non-hydrogen) atoms. The average molecular weight is 232 g/mol. The Labute approximate surface area is 103 Å². The summed E-state index contributed by atoms with van der Waals surface area (Å²) in [4.78, 5) is 13.9. The Morgan fingerprint density at radius 1 is 1.29 bits per heavy atom. The van der Waals surface area contributed by atoms with E-state index in [0.29, 0.717) is 0 Å². The summed E-state index contributed by atoms with van der Waals surface area (Å²) in [6, 6.07) is 6.06. The SMILES string of the molecule is CN1C(=O)C(C)(C)c2cc(C(C)(C)N)ccc21. The van der Waals surface area contributed by atoms with Crippen LogP contribution in [0, 0.1) is 0 Å². The van der Waals surface area contributed by atoms with Crippen molar-refractivity contribution in [3.8, 4) is 0 Å². The standard InChI is InChI=1S/C14H20N2O/c1-13(2)10-8-9(14(3,4)15)6-7-11(10)16(5)12(13)17/h6-8H,15H2,1-5H3. The van der Waals surface area contributed by atoms with Crippen LogP contribution in [0.25, 0.3) is 0 Å². The summed E-state index contributed by atoms with van der Waals surface area (Å²) in [5.41, 5.74) is 8.40. The van der Waals surface area contributed by atoms with Gasteiger partial charge in [0.1, 0.15) is 0 Å². The highest BCUT2D eigenvalue weighted by atomic mass is 16.2. The molecule has 0 fully saturated rings. The Morgan fingerprint density at radius 2 is 1.88 bits per heavy atom. The summed E-state index contributed by atoms with van der Waals surface area (Å²) < 4.78 is 0. The highest BCUT2D eigenvalue weighted by Gasteiger charge is 2.42. The zero-order valence-electron chi connectivity index (χ0n) is 11.2. The van der Waals surface area contributed by atoms with E-state index in [1.165, 1.54) is 0 Å². The predicted octanol–water partition coefficient (Wildman–Crippen LogP) is 2.13. The third-order valence-electron chi connectivity index (χ3n) is 3.61. The first kappa shape index (κ1) is 12.1. The van der Waals surface area contributed by atoms with Gasteiger partial charge in [-0.15, -0.1) is 0 Å². The fourth-order valence-electron chi connectivity index (χ4n) is 2.37. The first-order valence-electron chi connectivity index (χ1n) is 5.88. The van der Waals surface area contributed by atoms with Crippen molar-refractivity contribution >= 4 is 11.6 Å². The van der Waals surface area contributed by atoms with Crippen LogP contribution in [0.2, 0.25) is 0 Å². The molecule has 0 spiro atoms. The van der Waals surface area contributed by atoms with Crippen molar-refractivity contribution in [2.45, 2.75) is 38.6 Å². The molecule has 2 N–H and O–H groups in total. The molecule has 0 radical (unpaired) electrons. The molecular weight excluding hydrogens is 212 g/mol. The second kappa shape index (κ2) is 3.33. The van der Waals surface area contributed by atoms with Crippen molar-refractivity contribution in [2.75, 3.05) is 11.9 Å². The van der Waals surface area contributed by atoms with Gasteiger partial charge >= 0.3 is 0 Å². The van der Waals surface area contributed by atoms with Crippen LogP contribution in [0.4, 0.5) is 5.69 Å². The molecule has 0 aliphatic carbocycles. The van der Waals surface area contributed by atoms with Crippen LogP contribution in [0.3, 0.4) is 0 Å². The Bertz CT molecular complexity index is 483.